The highest BCUT2D eigenvalue weighted by Gasteiger charge is 2.32. The first-order valence-corrected chi connectivity index (χ1v) is 12.0. The highest BCUT2D eigenvalue weighted by atomic mass is 35.5. The monoisotopic (exact) mass is 507 g/mol. The summed E-state index contributed by atoms with van der Waals surface area (Å²) in [4.78, 5) is 34.3. The zero-order chi connectivity index (χ0) is 25.2. The van der Waals surface area contributed by atoms with Crippen molar-refractivity contribution >= 4 is 34.8 Å². The summed E-state index contributed by atoms with van der Waals surface area (Å²) in [6.45, 7) is 5.12. The van der Waals surface area contributed by atoms with Crippen molar-refractivity contribution in [1.29, 1.82) is 0 Å². The number of hydrogen-bond donors (Lipinski definition) is 3. The summed E-state index contributed by atoms with van der Waals surface area (Å²) >= 11 is 6.34. The van der Waals surface area contributed by atoms with Crippen LogP contribution in [0.25, 0.3) is 11.3 Å². The molecule has 2 amide bonds. The van der Waals surface area contributed by atoms with Crippen LogP contribution in [-0.2, 0) is 11.2 Å². The van der Waals surface area contributed by atoms with E-state index in [0.717, 1.165) is 17.7 Å². The fraction of sp³-hybridized carbons (Fsp3) is 0.269. The van der Waals surface area contributed by atoms with Crippen molar-refractivity contribution in [3.05, 3.63) is 65.6 Å². The summed E-state index contributed by atoms with van der Waals surface area (Å²) in [6, 6.07) is 7.18. The minimum atomic E-state index is -0.174. The fourth-order valence-corrected chi connectivity index (χ4v) is 4.82. The van der Waals surface area contributed by atoms with E-state index in [1.54, 1.807) is 30.5 Å². The normalized spacial score (nSPS) is 16.4. The second kappa shape index (κ2) is 9.94. The van der Waals surface area contributed by atoms with Crippen molar-refractivity contribution in [2.45, 2.75) is 18.9 Å². The van der Waals surface area contributed by atoms with Crippen LogP contribution < -0.4 is 20.1 Å². The number of para-hydroxylation sites is 1. The van der Waals surface area contributed by atoms with E-state index < -0.39 is 0 Å². The van der Waals surface area contributed by atoms with Crippen molar-refractivity contribution in [3.8, 4) is 22.8 Å². The number of anilines is 2. The molecule has 0 spiro atoms. The van der Waals surface area contributed by atoms with Crippen LogP contribution in [0.5, 0.6) is 11.5 Å². The Kier molecular flexibility index (Phi) is 6.56. The summed E-state index contributed by atoms with van der Waals surface area (Å²) in [6.07, 6.45) is 6.14. The van der Waals surface area contributed by atoms with Crippen LogP contribution in [0.3, 0.4) is 0 Å². The van der Waals surface area contributed by atoms with Crippen LogP contribution in [-0.4, -0.2) is 59.5 Å². The molecule has 3 N–H and O–H groups in total. The maximum absolute atomic E-state index is 12.9. The number of likely N-dealkylation sites (tertiary alicyclic amines) is 1. The molecule has 3 aromatic rings. The summed E-state index contributed by atoms with van der Waals surface area (Å²) in [5, 5.41) is 6.74. The number of aromatic nitrogens is 2. The molecule has 1 fully saturated rings. The van der Waals surface area contributed by atoms with Crippen LogP contribution >= 0.6 is 11.6 Å². The minimum Gasteiger partial charge on any atom is -0.493 e. The molecule has 2 aliphatic rings. The first-order chi connectivity index (χ1) is 17.5. The van der Waals surface area contributed by atoms with Crippen LogP contribution in [0.1, 0.15) is 22.5 Å². The van der Waals surface area contributed by atoms with Gasteiger partial charge in [-0.3, -0.25) is 14.6 Å². The number of amides is 2. The molecule has 0 saturated carbocycles. The van der Waals surface area contributed by atoms with Gasteiger partial charge in [0.05, 0.1) is 47.0 Å². The molecule has 36 heavy (non-hydrogen) atoms. The number of halogens is 1. The number of pyridine rings is 1. The van der Waals surface area contributed by atoms with E-state index in [1.165, 1.54) is 6.08 Å². The van der Waals surface area contributed by atoms with E-state index in [-0.39, 0.29) is 17.9 Å². The van der Waals surface area contributed by atoms with E-state index in [1.807, 2.05) is 18.2 Å². The zero-order valence-electron chi connectivity index (χ0n) is 19.8. The van der Waals surface area contributed by atoms with Gasteiger partial charge in [-0.15, -0.1) is 0 Å². The van der Waals surface area contributed by atoms with Crippen LogP contribution in [0.15, 0.2) is 49.3 Å². The third-order valence-corrected chi connectivity index (χ3v) is 6.78. The predicted octanol–water partition coefficient (Wildman–Crippen LogP) is 3.93. The lowest BCUT2D eigenvalue weighted by Gasteiger charge is -2.40. The lowest BCUT2D eigenvalue weighted by atomic mass is 10.0. The molecule has 2 aromatic heterocycles. The standard InChI is InChI=1S/C26H26ClN5O4/c1-3-21(33)32-12-9-15(32)14-36-20-13-28-10-7-16(20)23-24(22-18(30-23)8-11-29-26(22)34)31-19-6-4-5-17(27)25(19)35-2/h3-7,10,13,15,30-31H,1,8-9,11-12,14H2,2H3,(H,29,34)/t15-/m0/s1. The van der Waals surface area contributed by atoms with Gasteiger partial charge in [0.15, 0.2) is 5.75 Å². The SMILES string of the molecule is C=CC(=O)N1CC[C@H]1COc1cnccc1-c1[nH]c2c(c1Nc1cccc(Cl)c1OC)C(=O)NCC2. The number of benzene rings is 1. The second-order valence-corrected chi connectivity index (χ2v) is 8.95. The third-order valence-electron chi connectivity index (χ3n) is 6.48. The molecule has 5 rings (SSSR count). The number of carbonyl (C=O) groups is 2. The molecule has 186 valence electrons. The number of ether oxygens (including phenoxy) is 2. The summed E-state index contributed by atoms with van der Waals surface area (Å²) in [5.74, 6) is 0.730. The predicted molar refractivity (Wildman–Crippen MR) is 137 cm³/mol. The quantitative estimate of drug-likeness (QED) is 0.399. The molecule has 9 nitrogen and oxygen atoms in total. The Morgan fingerprint density at radius 1 is 1.39 bits per heavy atom. The van der Waals surface area contributed by atoms with E-state index >= 15 is 0 Å². The van der Waals surface area contributed by atoms with Gasteiger partial charge in [0.25, 0.3) is 5.91 Å². The van der Waals surface area contributed by atoms with E-state index in [4.69, 9.17) is 21.1 Å². The summed E-state index contributed by atoms with van der Waals surface area (Å²) in [7, 11) is 1.54. The molecular weight excluding hydrogens is 482 g/mol. The van der Waals surface area contributed by atoms with Gasteiger partial charge in [-0.1, -0.05) is 24.2 Å². The van der Waals surface area contributed by atoms with Crippen molar-refractivity contribution < 1.29 is 19.1 Å². The smallest absolute Gasteiger partial charge is 0.255 e. The summed E-state index contributed by atoms with van der Waals surface area (Å²) < 4.78 is 11.7. The van der Waals surface area contributed by atoms with Gasteiger partial charge < -0.3 is 30.0 Å². The zero-order valence-corrected chi connectivity index (χ0v) is 20.5. The Balaban J connectivity index is 1.53. The van der Waals surface area contributed by atoms with E-state index in [9.17, 15) is 9.59 Å². The number of methoxy groups -OCH3 is 1. The van der Waals surface area contributed by atoms with Gasteiger partial charge in [-0.2, -0.15) is 0 Å². The fourth-order valence-electron chi connectivity index (χ4n) is 4.56. The Labute approximate surface area is 213 Å². The number of rotatable bonds is 8. The molecule has 10 heteroatoms. The second-order valence-electron chi connectivity index (χ2n) is 8.54. The Bertz CT molecular complexity index is 1340. The highest BCUT2D eigenvalue weighted by Crippen LogP contribution is 2.43. The first kappa shape index (κ1) is 23.7. The Hall–Kier alpha value is -3.98. The van der Waals surface area contributed by atoms with Gasteiger partial charge in [-0.25, -0.2) is 0 Å². The first-order valence-electron chi connectivity index (χ1n) is 11.6. The summed E-state index contributed by atoms with van der Waals surface area (Å²) in [5.41, 5.74) is 3.98. The largest absolute Gasteiger partial charge is 0.493 e. The number of H-pyrrole nitrogens is 1. The lowest BCUT2D eigenvalue weighted by molar-refractivity contribution is -0.134. The average Bonchev–Trinajstić information content (AvgIpc) is 3.23. The number of hydrogen-bond acceptors (Lipinski definition) is 6. The molecule has 1 aromatic carbocycles. The Morgan fingerprint density at radius 3 is 3.00 bits per heavy atom. The molecule has 0 bridgehead atoms. The average molecular weight is 508 g/mol. The number of nitrogens with one attached hydrogen (secondary N) is 3. The molecular formula is C26H26ClN5O4. The number of carbonyl (C=O) groups excluding carboxylic acids is 2. The maximum Gasteiger partial charge on any atom is 0.255 e. The van der Waals surface area contributed by atoms with Gasteiger partial charge >= 0.3 is 0 Å². The van der Waals surface area contributed by atoms with Crippen molar-refractivity contribution in [3.63, 3.8) is 0 Å². The molecule has 2 aliphatic heterocycles. The van der Waals surface area contributed by atoms with E-state index in [0.29, 0.717) is 65.3 Å². The molecule has 1 atom stereocenters. The number of nitrogens with zero attached hydrogens (tertiary/aromatic N) is 2. The molecule has 0 radical (unpaired) electrons. The lowest BCUT2D eigenvalue weighted by Crippen LogP contribution is -2.53. The van der Waals surface area contributed by atoms with Crippen LogP contribution in [0, 0.1) is 0 Å². The van der Waals surface area contributed by atoms with Gasteiger partial charge in [0.1, 0.15) is 12.4 Å². The van der Waals surface area contributed by atoms with Gasteiger partial charge in [-0.05, 0) is 30.7 Å². The van der Waals surface area contributed by atoms with Crippen LogP contribution in [0.2, 0.25) is 5.02 Å². The minimum absolute atomic E-state index is 0.0282. The van der Waals surface area contributed by atoms with Crippen molar-refractivity contribution in [2.24, 2.45) is 0 Å². The molecule has 1 saturated heterocycles. The van der Waals surface area contributed by atoms with Crippen molar-refractivity contribution in [1.82, 2.24) is 20.2 Å². The topological polar surface area (TPSA) is 109 Å². The molecule has 0 unspecified atom stereocenters. The van der Waals surface area contributed by atoms with Gasteiger partial charge in [0, 0.05) is 37.0 Å². The third kappa shape index (κ3) is 4.26. The highest BCUT2D eigenvalue weighted by molar-refractivity contribution is 6.32. The van der Waals surface area contributed by atoms with Gasteiger partial charge in [0.2, 0.25) is 5.91 Å². The number of aromatic amines is 1. The molecule has 0 aliphatic carbocycles. The van der Waals surface area contributed by atoms with E-state index in [2.05, 4.69) is 27.2 Å². The number of fused-ring (bicyclic) bond motifs is 1. The Morgan fingerprint density at radius 2 is 2.25 bits per heavy atom. The van der Waals surface area contributed by atoms with Crippen molar-refractivity contribution in [2.75, 3.05) is 32.1 Å². The molecule has 4 heterocycles. The maximum atomic E-state index is 12.9. The van der Waals surface area contributed by atoms with Crippen LogP contribution in [0.4, 0.5) is 11.4 Å².